The normalized spacial score (nSPS) is 21.9. The molecule has 1 aliphatic heterocycles. The quantitative estimate of drug-likeness (QED) is 0.771. The van der Waals surface area contributed by atoms with Gasteiger partial charge < -0.3 is 10.6 Å². The van der Waals surface area contributed by atoms with Crippen molar-refractivity contribution in [1.29, 1.82) is 0 Å². The van der Waals surface area contributed by atoms with Crippen LogP contribution in [0.25, 0.3) is 0 Å². The molecule has 0 bridgehead atoms. The lowest BCUT2D eigenvalue weighted by Gasteiger charge is -2.24. The monoisotopic (exact) mass is 228 g/mol. The first-order chi connectivity index (χ1) is 5.29. The number of piperidine rings is 1. The molecule has 0 unspecified atom stereocenters. The first-order valence-corrected chi connectivity index (χ1v) is 4.73. The van der Waals surface area contributed by atoms with Crippen LogP contribution in [0, 0.1) is 5.92 Å². The number of nitrogens with one attached hydrogen (secondary N) is 2. The molecule has 1 fully saturated rings. The molecule has 2 N–H and O–H groups in total. The van der Waals surface area contributed by atoms with Gasteiger partial charge in [0.15, 0.2) is 0 Å². The summed E-state index contributed by atoms with van der Waals surface area (Å²) in [5.41, 5.74) is 0. The zero-order valence-corrected chi connectivity index (χ0v) is 10.1. The van der Waals surface area contributed by atoms with E-state index in [1.165, 1.54) is 19.4 Å². The number of rotatable bonds is 3. The Bertz CT molecular complexity index is 104. The Kier molecular flexibility index (Phi) is 11.1. The van der Waals surface area contributed by atoms with Crippen LogP contribution in [0.15, 0.2) is 0 Å². The zero-order chi connectivity index (χ0) is 8.10. The highest BCUT2D eigenvalue weighted by atomic mass is 35.5. The average Bonchev–Trinajstić information content (AvgIpc) is 2.03. The molecule has 0 saturated carbocycles. The van der Waals surface area contributed by atoms with Crippen molar-refractivity contribution in [2.24, 2.45) is 5.92 Å². The minimum atomic E-state index is 0. The lowest BCUT2D eigenvalue weighted by atomic mass is 10.1. The van der Waals surface area contributed by atoms with E-state index < -0.39 is 0 Å². The van der Waals surface area contributed by atoms with Crippen molar-refractivity contribution < 1.29 is 0 Å². The van der Waals surface area contributed by atoms with Crippen LogP contribution in [-0.4, -0.2) is 25.7 Å². The average molecular weight is 229 g/mol. The lowest BCUT2D eigenvalue weighted by molar-refractivity contribution is 0.373. The molecule has 0 amide bonds. The largest absolute Gasteiger partial charge is 0.315 e. The molecule has 1 saturated heterocycles. The summed E-state index contributed by atoms with van der Waals surface area (Å²) in [5, 5.41) is 6.95. The van der Waals surface area contributed by atoms with Crippen LogP contribution in [0.2, 0.25) is 0 Å². The van der Waals surface area contributed by atoms with Gasteiger partial charge in [-0.3, -0.25) is 0 Å². The SMILES string of the molecule is CC(C)CN[C@@H]1CCCNC1.Cl.Cl. The van der Waals surface area contributed by atoms with Crippen molar-refractivity contribution in [2.75, 3.05) is 19.6 Å². The summed E-state index contributed by atoms with van der Waals surface area (Å²) in [6.45, 7) is 8.03. The van der Waals surface area contributed by atoms with E-state index in [2.05, 4.69) is 24.5 Å². The van der Waals surface area contributed by atoms with Crippen LogP contribution < -0.4 is 10.6 Å². The Hall–Kier alpha value is 0.500. The molecule has 0 aliphatic carbocycles. The Morgan fingerprint density at radius 3 is 2.54 bits per heavy atom. The molecule has 1 atom stereocenters. The maximum atomic E-state index is 3.56. The van der Waals surface area contributed by atoms with E-state index in [1.807, 2.05) is 0 Å². The van der Waals surface area contributed by atoms with E-state index in [0.29, 0.717) is 0 Å². The van der Waals surface area contributed by atoms with Crippen LogP contribution in [0.5, 0.6) is 0 Å². The molecule has 1 aliphatic rings. The zero-order valence-electron chi connectivity index (χ0n) is 8.51. The van der Waals surface area contributed by atoms with E-state index in [4.69, 9.17) is 0 Å². The van der Waals surface area contributed by atoms with E-state index in [0.717, 1.165) is 25.0 Å². The van der Waals surface area contributed by atoms with Crippen LogP contribution in [0.3, 0.4) is 0 Å². The summed E-state index contributed by atoms with van der Waals surface area (Å²) in [7, 11) is 0. The van der Waals surface area contributed by atoms with Gasteiger partial charge >= 0.3 is 0 Å². The third-order valence-corrected chi connectivity index (χ3v) is 2.11. The van der Waals surface area contributed by atoms with Crippen molar-refractivity contribution in [3.8, 4) is 0 Å². The van der Waals surface area contributed by atoms with Gasteiger partial charge in [-0.25, -0.2) is 0 Å². The van der Waals surface area contributed by atoms with E-state index in [9.17, 15) is 0 Å². The van der Waals surface area contributed by atoms with Crippen LogP contribution >= 0.6 is 24.8 Å². The van der Waals surface area contributed by atoms with Gasteiger partial charge in [-0.05, 0) is 31.8 Å². The van der Waals surface area contributed by atoms with E-state index in [-0.39, 0.29) is 24.8 Å². The first-order valence-electron chi connectivity index (χ1n) is 4.73. The Balaban J connectivity index is 0. The predicted molar refractivity (Wildman–Crippen MR) is 63.2 cm³/mol. The Morgan fingerprint density at radius 2 is 2.08 bits per heavy atom. The lowest BCUT2D eigenvalue weighted by Crippen LogP contribution is -2.44. The molecule has 0 spiro atoms. The molecule has 0 aromatic carbocycles. The van der Waals surface area contributed by atoms with Gasteiger partial charge in [-0.1, -0.05) is 13.8 Å². The van der Waals surface area contributed by atoms with Gasteiger partial charge in [0.25, 0.3) is 0 Å². The second-order valence-corrected chi connectivity index (χ2v) is 3.85. The van der Waals surface area contributed by atoms with Crippen LogP contribution in [-0.2, 0) is 0 Å². The number of hydrogen-bond donors (Lipinski definition) is 2. The standard InChI is InChI=1S/C9H20N2.2ClH/c1-8(2)6-11-9-4-3-5-10-7-9;;/h8-11H,3-7H2,1-2H3;2*1H/t9-;;/m1../s1. The van der Waals surface area contributed by atoms with Crippen LogP contribution in [0.1, 0.15) is 26.7 Å². The summed E-state index contributed by atoms with van der Waals surface area (Å²) in [5.74, 6) is 0.775. The minimum absolute atomic E-state index is 0. The number of halogens is 2. The highest BCUT2D eigenvalue weighted by Crippen LogP contribution is 2.01. The van der Waals surface area contributed by atoms with Crippen molar-refractivity contribution in [2.45, 2.75) is 32.7 Å². The third kappa shape index (κ3) is 7.56. The molecule has 0 aromatic heterocycles. The minimum Gasteiger partial charge on any atom is -0.315 e. The molecule has 82 valence electrons. The molecule has 1 rings (SSSR count). The van der Waals surface area contributed by atoms with Crippen molar-refractivity contribution in [3.63, 3.8) is 0 Å². The van der Waals surface area contributed by atoms with Crippen LogP contribution in [0.4, 0.5) is 0 Å². The first kappa shape index (κ1) is 15.9. The fourth-order valence-electron chi connectivity index (χ4n) is 1.43. The third-order valence-electron chi connectivity index (χ3n) is 2.11. The second-order valence-electron chi connectivity index (χ2n) is 3.85. The fraction of sp³-hybridized carbons (Fsp3) is 1.00. The Morgan fingerprint density at radius 1 is 1.38 bits per heavy atom. The van der Waals surface area contributed by atoms with Gasteiger partial charge in [0.1, 0.15) is 0 Å². The van der Waals surface area contributed by atoms with Gasteiger partial charge in [-0.2, -0.15) is 0 Å². The topological polar surface area (TPSA) is 24.1 Å². The smallest absolute Gasteiger partial charge is 0.0193 e. The highest BCUT2D eigenvalue weighted by molar-refractivity contribution is 5.85. The van der Waals surface area contributed by atoms with Gasteiger partial charge in [-0.15, -0.1) is 24.8 Å². The number of hydrogen-bond acceptors (Lipinski definition) is 2. The van der Waals surface area contributed by atoms with Crippen molar-refractivity contribution >= 4 is 24.8 Å². The molecule has 1 heterocycles. The summed E-state index contributed by atoms with van der Waals surface area (Å²) < 4.78 is 0. The summed E-state index contributed by atoms with van der Waals surface area (Å²) >= 11 is 0. The molecular formula is C9H22Cl2N2. The maximum absolute atomic E-state index is 3.56. The molecule has 2 nitrogen and oxygen atoms in total. The van der Waals surface area contributed by atoms with E-state index in [1.54, 1.807) is 0 Å². The fourth-order valence-corrected chi connectivity index (χ4v) is 1.43. The van der Waals surface area contributed by atoms with E-state index >= 15 is 0 Å². The highest BCUT2D eigenvalue weighted by Gasteiger charge is 2.11. The molecule has 0 radical (unpaired) electrons. The maximum Gasteiger partial charge on any atom is 0.0193 e. The summed E-state index contributed by atoms with van der Waals surface area (Å²) in [6, 6.07) is 0.728. The molecule has 0 aromatic rings. The van der Waals surface area contributed by atoms with Gasteiger partial charge in [0.2, 0.25) is 0 Å². The summed E-state index contributed by atoms with van der Waals surface area (Å²) in [6.07, 6.45) is 2.68. The van der Waals surface area contributed by atoms with Crippen molar-refractivity contribution in [1.82, 2.24) is 10.6 Å². The second kappa shape index (κ2) is 9.07. The molecule has 13 heavy (non-hydrogen) atoms. The predicted octanol–water partition coefficient (Wildman–Crippen LogP) is 1.83. The molecule has 4 heteroatoms. The van der Waals surface area contributed by atoms with Gasteiger partial charge in [0.05, 0.1) is 0 Å². The Labute approximate surface area is 94.1 Å². The summed E-state index contributed by atoms with van der Waals surface area (Å²) in [4.78, 5) is 0. The van der Waals surface area contributed by atoms with Crippen molar-refractivity contribution in [3.05, 3.63) is 0 Å². The molecular weight excluding hydrogens is 207 g/mol. The van der Waals surface area contributed by atoms with Gasteiger partial charge in [0, 0.05) is 12.6 Å².